The number of hydrogen-bond donors (Lipinski definition) is 1. The third-order valence-corrected chi connectivity index (χ3v) is 0. The van der Waals surface area contributed by atoms with Crippen molar-refractivity contribution in [2.45, 2.75) is 26.9 Å². The Morgan fingerprint density at radius 2 is 1.50 bits per heavy atom. The Morgan fingerprint density at radius 3 is 1.50 bits per heavy atom. The Hall–Kier alpha value is 0.0300. The fourth-order valence-corrected chi connectivity index (χ4v) is 0. The van der Waals surface area contributed by atoms with Crippen LogP contribution in [-0.2, 0) is 0 Å². The zero-order chi connectivity index (χ0) is 8.99. The molecule has 0 aliphatic rings. The van der Waals surface area contributed by atoms with Gasteiger partial charge in [-0.15, -0.1) is 23.2 Å². The van der Waals surface area contributed by atoms with E-state index in [-0.39, 0.29) is 11.4 Å². The summed E-state index contributed by atoms with van der Waals surface area (Å²) < 4.78 is 0. The molecule has 2 nitrogen and oxygen atoms in total. The Labute approximate surface area is 72.4 Å². The average Bonchev–Trinajstić information content (AvgIpc) is 1.65. The Bertz CT molecular complexity index is 67.9. The van der Waals surface area contributed by atoms with Crippen LogP contribution in [0.15, 0.2) is 0 Å². The lowest BCUT2D eigenvalue weighted by Gasteiger charge is -1.80. The van der Waals surface area contributed by atoms with E-state index in [1.807, 2.05) is 0 Å². The number of aliphatic hydroxyl groups is 1. The van der Waals surface area contributed by atoms with Gasteiger partial charge in [-0.2, -0.15) is 5.26 Å². The fourth-order valence-electron chi connectivity index (χ4n) is 0. The van der Waals surface area contributed by atoms with Crippen molar-refractivity contribution in [2.24, 2.45) is 0 Å². The van der Waals surface area contributed by atoms with E-state index in [1.54, 1.807) is 19.9 Å². The molecule has 0 fully saturated rings. The SMILES string of the molecule is CC#N.CC(C)O.ClCCl. The normalized spacial score (nSPS) is 6.20. The lowest BCUT2D eigenvalue weighted by Crippen LogP contribution is -1.85. The first-order valence-electron chi connectivity index (χ1n) is 2.67. The number of nitrogens with zero attached hydrogens (tertiary/aromatic N) is 1. The summed E-state index contributed by atoms with van der Waals surface area (Å²) in [4.78, 5) is 0. The molecular weight excluding hydrogens is 173 g/mol. The van der Waals surface area contributed by atoms with Crippen LogP contribution in [0, 0.1) is 11.3 Å². The van der Waals surface area contributed by atoms with Crippen molar-refractivity contribution in [2.75, 3.05) is 5.34 Å². The number of hydrogen-bond acceptors (Lipinski definition) is 2. The molecule has 0 atom stereocenters. The monoisotopic (exact) mass is 185 g/mol. The molecule has 1 N–H and O–H groups in total. The third kappa shape index (κ3) is 441000. The molecule has 0 aliphatic carbocycles. The maximum absolute atomic E-state index is 8.06. The lowest BCUT2D eigenvalue weighted by molar-refractivity contribution is 0.216. The van der Waals surface area contributed by atoms with E-state index in [1.165, 1.54) is 6.92 Å². The van der Waals surface area contributed by atoms with E-state index in [0.717, 1.165) is 0 Å². The lowest BCUT2D eigenvalue weighted by atomic mass is 10.5. The van der Waals surface area contributed by atoms with Gasteiger partial charge in [-0.05, 0) is 13.8 Å². The summed E-state index contributed by atoms with van der Waals surface area (Å²) in [5.74, 6) is 0. The van der Waals surface area contributed by atoms with Gasteiger partial charge in [0.1, 0.15) is 0 Å². The number of aliphatic hydroxyl groups excluding tert-OH is 1. The molecule has 0 aromatic rings. The second kappa shape index (κ2) is 23.0. The van der Waals surface area contributed by atoms with Crippen molar-refractivity contribution < 1.29 is 5.11 Å². The first-order chi connectivity index (χ1) is 4.56. The molecule has 0 saturated heterocycles. The van der Waals surface area contributed by atoms with Crippen molar-refractivity contribution in [1.82, 2.24) is 0 Å². The van der Waals surface area contributed by atoms with Gasteiger partial charge < -0.3 is 5.11 Å². The van der Waals surface area contributed by atoms with Crippen LogP contribution >= 0.6 is 23.2 Å². The molecule has 62 valence electrons. The molecule has 0 heterocycles. The number of alkyl halides is 2. The number of halogens is 2. The summed E-state index contributed by atoms with van der Waals surface area (Å²) in [5, 5.41) is 15.6. The first-order valence-corrected chi connectivity index (χ1v) is 3.74. The highest BCUT2D eigenvalue weighted by Gasteiger charge is 1.69. The van der Waals surface area contributed by atoms with Crippen LogP contribution in [0.2, 0.25) is 0 Å². The molecule has 0 rings (SSSR count). The quantitative estimate of drug-likeness (QED) is 0.590. The van der Waals surface area contributed by atoms with Gasteiger partial charge in [0.2, 0.25) is 0 Å². The van der Waals surface area contributed by atoms with Gasteiger partial charge in [0.25, 0.3) is 0 Å². The maximum atomic E-state index is 8.06. The predicted molar refractivity (Wildman–Crippen MR) is 45.2 cm³/mol. The van der Waals surface area contributed by atoms with Crippen molar-refractivity contribution >= 4 is 23.2 Å². The van der Waals surface area contributed by atoms with E-state index in [4.69, 9.17) is 33.6 Å². The Kier molecular flexibility index (Phi) is 38.1. The smallest absolute Gasteiger partial charge is 0.0967 e. The summed E-state index contributed by atoms with van der Waals surface area (Å²) in [6.45, 7) is 4.88. The van der Waals surface area contributed by atoms with E-state index >= 15 is 0 Å². The molecule has 0 bridgehead atoms. The number of rotatable bonds is 0. The summed E-state index contributed by atoms with van der Waals surface area (Å²) in [7, 11) is 0. The van der Waals surface area contributed by atoms with Gasteiger partial charge >= 0.3 is 0 Å². The number of nitriles is 1. The Morgan fingerprint density at radius 1 is 1.50 bits per heavy atom. The molecule has 0 amide bonds. The molecule has 0 spiro atoms. The van der Waals surface area contributed by atoms with Gasteiger partial charge in [0.15, 0.2) is 0 Å². The van der Waals surface area contributed by atoms with Crippen LogP contribution in [0.1, 0.15) is 20.8 Å². The van der Waals surface area contributed by atoms with Gasteiger partial charge in [-0.25, -0.2) is 0 Å². The van der Waals surface area contributed by atoms with E-state index in [0.29, 0.717) is 0 Å². The first kappa shape index (κ1) is 16.5. The van der Waals surface area contributed by atoms with Crippen molar-refractivity contribution in [3.63, 3.8) is 0 Å². The summed E-state index contributed by atoms with van der Waals surface area (Å²) in [5.41, 5.74) is 0. The van der Waals surface area contributed by atoms with Gasteiger partial charge in [-0.3, -0.25) is 0 Å². The van der Waals surface area contributed by atoms with E-state index in [2.05, 4.69) is 0 Å². The van der Waals surface area contributed by atoms with Crippen LogP contribution in [0.5, 0.6) is 0 Å². The average molecular weight is 186 g/mol. The fraction of sp³-hybridized carbons (Fsp3) is 0.833. The van der Waals surface area contributed by atoms with E-state index in [9.17, 15) is 0 Å². The van der Waals surface area contributed by atoms with Gasteiger partial charge in [-0.1, -0.05) is 0 Å². The minimum absolute atomic E-state index is 0.167. The molecule has 0 saturated carbocycles. The van der Waals surface area contributed by atoms with Crippen molar-refractivity contribution in [3.05, 3.63) is 0 Å². The van der Waals surface area contributed by atoms with Crippen LogP contribution in [-0.4, -0.2) is 16.5 Å². The summed E-state index contributed by atoms with van der Waals surface area (Å²) in [6.07, 6.45) is -0.167. The summed E-state index contributed by atoms with van der Waals surface area (Å²) >= 11 is 9.53. The van der Waals surface area contributed by atoms with Crippen LogP contribution < -0.4 is 0 Å². The largest absolute Gasteiger partial charge is 0.394 e. The van der Waals surface area contributed by atoms with Gasteiger partial charge in [0, 0.05) is 13.0 Å². The zero-order valence-electron chi connectivity index (χ0n) is 6.43. The minimum atomic E-state index is -0.167. The highest BCUT2D eigenvalue weighted by Crippen LogP contribution is 1.73. The van der Waals surface area contributed by atoms with Crippen LogP contribution in [0.3, 0.4) is 0 Å². The molecular formula is C6H13Cl2NO. The molecule has 0 unspecified atom stereocenters. The standard InChI is InChI=1S/C3H8O.C2H3N.CH2Cl2/c1-3(2)4;1-2-3;2-1-3/h3-4H,1-2H3;1H3;1H2. The Balaban J connectivity index is -0.0000000750. The molecule has 0 aliphatic heterocycles. The third-order valence-electron chi connectivity index (χ3n) is 0. The predicted octanol–water partition coefficient (Wildman–Crippen LogP) is 2.34. The van der Waals surface area contributed by atoms with Crippen molar-refractivity contribution in [3.8, 4) is 6.07 Å². The second-order valence-electron chi connectivity index (χ2n) is 1.42. The van der Waals surface area contributed by atoms with Crippen molar-refractivity contribution in [1.29, 1.82) is 5.26 Å². The maximum Gasteiger partial charge on any atom is 0.0967 e. The molecule has 4 heteroatoms. The zero-order valence-corrected chi connectivity index (χ0v) is 7.95. The molecule has 10 heavy (non-hydrogen) atoms. The second-order valence-corrected chi connectivity index (χ2v) is 2.23. The van der Waals surface area contributed by atoms with Crippen LogP contribution in [0.25, 0.3) is 0 Å². The van der Waals surface area contributed by atoms with Gasteiger partial charge in [0.05, 0.1) is 11.4 Å². The van der Waals surface area contributed by atoms with E-state index < -0.39 is 0 Å². The molecule has 0 aromatic heterocycles. The topological polar surface area (TPSA) is 44.0 Å². The molecule has 0 aromatic carbocycles. The van der Waals surface area contributed by atoms with Crippen LogP contribution in [0.4, 0.5) is 0 Å². The minimum Gasteiger partial charge on any atom is -0.394 e. The highest BCUT2D eigenvalue weighted by molar-refractivity contribution is 6.40. The molecule has 0 radical (unpaired) electrons. The highest BCUT2D eigenvalue weighted by atomic mass is 35.5. The summed E-state index contributed by atoms with van der Waals surface area (Å²) in [6, 6.07) is 1.75.